The summed E-state index contributed by atoms with van der Waals surface area (Å²) in [5.41, 5.74) is 6.47. The summed E-state index contributed by atoms with van der Waals surface area (Å²) in [5.74, 6) is -1.04. The molecule has 3 heterocycles. The van der Waals surface area contributed by atoms with Crippen LogP contribution in [0.4, 0.5) is 9.18 Å². The van der Waals surface area contributed by atoms with Crippen molar-refractivity contribution in [2.24, 2.45) is 11.7 Å². The van der Waals surface area contributed by atoms with Gasteiger partial charge in [-0.1, -0.05) is 12.1 Å². The Bertz CT molecular complexity index is 1130. The Morgan fingerprint density at radius 1 is 1.12 bits per heavy atom. The lowest BCUT2D eigenvalue weighted by Crippen LogP contribution is -2.57. The number of amides is 3. The molecule has 5 atom stereocenters. The predicted molar refractivity (Wildman–Crippen MR) is 152 cm³/mol. The Morgan fingerprint density at radius 2 is 1.88 bits per heavy atom. The molecule has 9 nitrogen and oxygen atoms in total. The van der Waals surface area contributed by atoms with Crippen molar-refractivity contribution in [1.82, 2.24) is 15.1 Å². The highest BCUT2D eigenvalue weighted by Crippen LogP contribution is 2.43. The molecule has 5 unspecified atom stereocenters. The van der Waals surface area contributed by atoms with Crippen molar-refractivity contribution in [3.63, 3.8) is 0 Å². The molecule has 1 aromatic rings. The van der Waals surface area contributed by atoms with E-state index in [-0.39, 0.29) is 30.6 Å². The minimum Gasteiger partial charge on any atom is -0.444 e. The fourth-order valence-electron chi connectivity index (χ4n) is 7.17. The van der Waals surface area contributed by atoms with E-state index >= 15 is 4.39 Å². The average Bonchev–Trinajstić information content (AvgIpc) is 3.69. The topological polar surface area (TPSA) is 114 Å². The molecule has 1 aliphatic carbocycles. The Labute approximate surface area is 242 Å². The van der Waals surface area contributed by atoms with Gasteiger partial charge in [0.05, 0.1) is 6.61 Å². The van der Waals surface area contributed by atoms with Crippen LogP contribution in [0.1, 0.15) is 82.8 Å². The van der Waals surface area contributed by atoms with Crippen molar-refractivity contribution in [2.75, 3.05) is 26.3 Å². The third kappa shape index (κ3) is 6.85. The Hall–Kier alpha value is -2.72. The molecule has 226 valence electrons. The largest absolute Gasteiger partial charge is 0.444 e. The van der Waals surface area contributed by atoms with Crippen LogP contribution in [0.3, 0.4) is 0 Å². The first-order valence-corrected chi connectivity index (χ1v) is 15.2. The number of primary amides is 1. The lowest BCUT2D eigenvalue weighted by atomic mass is 9.87. The molecule has 3 saturated heterocycles. The number of hydrogen-bond donors (Lipinski definition) is 2. The zero-order valence-electron chi connectivity index (χ0n) is 24.6. The molecule has 3 aliphatic heterocycles. The van der Waals surface area contributed by atoms with E-state index < -0.39 is 35.6 Å². The van der Waals surface area contributed by atoms with Crippen LogP contribution in [0.15, 0.2) is 18.2 Å². The third-order valence-corrected chi connectivity index (χ3v) is 9.32. The molecule has 0 spiro atoms. The summed E-state index contributed by atoms with van der Waals surface area (Å²) >= 11 is 0. The first kappa shape index (κ1) is 29.8. The summed E-state index contributed by atoms with van der Waals surface area (Å²) in [6.07, 6.45) is 5.41. The van der Waals surface area contributed by atoms with Crippen LogP contribution in [0.2, 0.25) is 0 Å². The van der Waals surface area contributed by atoms with E-state index in [9.17, 15) is 14.4 Å². The van der Waals surface area contributed by atoms with Gasteiger partial charge in [-0.25, -0.2) is 9.18 Å². The van der Waals surface area contributed by atoms with Gasteiger partial charge in [-0.3, -0.25) is 19.4 Å². The molecule has 4 aliphatic rings. The number of likely N-dealkylation sites (tertiary alicyclic amines) is 2. The van der Waals surface area contributed by atoms with Crippen LogP contribution in [-0.4, -0.2) is 83.8 Å². The summed E-state index contributed by atoms with van der Waals surface area (Å²) < 4.78 is 26.3. The summed E-state index contributed by atoms with van der Waals surface area (Å²) in [6.45, 7) is 9.01. The number of piperidine rings is 2. The Kier molecular flexibility index (Phi) is 8.90. The normalized spacial score (nSPS) is 27.7. The number of ether oxygens (including phenoxy) is 2. The van der Waals surface area contributed by atoms with E-state index in [1.807, 2.05) is 6.07 Å². The molecular formula is C31H45FN4O5. The molecule has 5 rings (SSSR count). The van der Waals surface area contributed by atoms with E-state index in [4.69, 9.17) is 15.2 Å². The number of carbonyl (C=O) groups is 3. The average molecular weight is 573 g/mol. The van der Waals surface area contributed by atoms with Gasteiger partial charge < -0.3 is 20.5 Å². The standard InChI is InChI=1S/C31H45FN4O5/c1-31(2,3)41-30(39)36-23-8-6-22(16-23)27(36)29(38)34-26(28(33)37)9-7-20-4-5-21(17-25(20)32)19-10-13-35(14-11-19)24-12-15-40-18-24/h4-5,17,19,22-24,26-27H,6-16,18H2,1-3H3,(H2,33,37)(H,34,38). The number of nitrogens with one attached hydrogen (secondary N) is 1. The monoisotopic (exact) mass is 572 g/mol. The fourth-order valence-corrected chi connectivity index (χ4v) is 7.17. The lowest BCUT2D eigenvalue weighted by molar-refractivity contribution is -0.132. The van der Waals surface area contributed by atoms with E-state index in [2.05, 4.69) is 10.2 Å². The highest BCUT2D eigenvalue weighted by Gasteiger charge is 2.52. The van der Waals surface area contributed by atoms with Gasteiger partial charge in [-0.05, 0) is 114 Å². The number of halogens is 1. The van der Waals surface area contributed by atoms with Gasteiger partial charge in [0.1, 0.15) is 23.5 Å². The number of nitrogens with two attached hydrogens (primary N) is 1. The molecule has 1 saturated carbocycles. The summed E-state index contributed by atoms with van der Waals surface area (Å²) in [4.78, 5) is 42.7. The molecule has 10 heteroatoms. The number of rotatable bonds is 8. The van der Waals surface area contributed by atoms with Crippen LogP contribution in [0.25, 0.3) is 0 Å². The van der Waals surface area contributed by atoms with Crippen molar-refractivity contribution in [3.8, 4) is 0 Å². The van der Waals surface area contributed by atoms with Crippen molar-refractivity contribution in [3.05, 3.63) is 35.1 Å². The molecule has 4 fully saturated rings. The second-order valence-electron chi connectivity index (χ2n) is 13.2. The van der Waals surface area contributed by atoms with Gasteiger partial charge in [0, 0.05) is 18.7 Å². The maximum Gasteiger partial charge on any atom is 0.411 e. The molecule has 0 radical (unpaired) electrons. The van der Waals surface area contributed by atoms with Crippen LogP contribution < -0.4 is 11.1 Å². The van der Waals surface area contributed by atoms with Gasteiger partial charge >= 0.3 is 6.09 Å². The maximum absolute atomic E-state index is 15.2. The van der Waals surface area contributed by atoms with E-state index in [1.165, 1.54) is 4.90 Å². The number of aryl methyl sites for hydroxylation is 1. The third-order valence-electron chi connectivity index (χ3n) is 9.32. The van der Waals surface area contributed by atoms with Gasteiger partial charge in [0.25, 0.3) is 0 Å². The zero-order valence-corrected chi connectivity index (χ0v) is 24.6. The SMILES string of the molecule is CC(C)(C)OC(=O)N1C2CCC(C2)C1C(=O)NC(CCc1ccc(C2CCN(C3CCOC3)CC2)cc1F)C(N)=O. The second-order valence-corrected chi connectivity index (χ2v) is 13.2. The number of benzene rings is 1. The molecule has 0 aromatic heterocycles. The quantitative estimate of drug-likeness (QED) is 0.493. The van der Waals surface area contributed by atoms with Crippen LogP contribution in [-0.2, 0) is 25.5 Å². The van der Waals surface area contributed by atoms with Gasteiger partial charge in [0.2, 0.25) is 11.8 Å². The zero-order chi connectivity index (χ0) is 29.3. The van der Waals surface area contributed by atoms with Gasteiger partial charge in [-0.15, -0.1) is 0 Å². The van der Waals surface area contributed by atoms with Crippen LogP contribution in [0, 0.1) is 11.7 Å². The van der Waals surface area contributed by atoms with Gasteiger partial charge in [0.15, 0.2) is 0 Å². The number of fused-ring (bicyclic) bond motifs is 2. The summed E-state index contributed by atoms with van der Waals surface area (Å²) in [7, 11) is 0. The molecule has 1 aromatic carbocycles. The van der Waals surface area contributed by atoms with Gasteiger partial charge in [-0.2, -0.15) is 0 Å². The van der Waals surface area contributed by atoms with Crippen molar-refractivity contribution < 1.29 is 28.2 Å². The number of carbonyl (C=O) groups excluding carboxylic acids is 3. The van der Waals surface area contributed by atoms with Crippen LogP contribution >= 0.6 is 0 Å². The van der Waals surface area contributed by atoms with E-state index in [1.54, 1.807) is 32.9 Å². The Balaban J connectivity index is 1.17. The number of nitrogens with zero attached hydrogens (tertiary/aromatic N) is 2. The minimum atomic E-state index is -0.968. The van der Waals surface area contributed by atoms with Crippen molar-refractivity contribution in [2.45, 2.75) is 108 Å². The van der Waals surface area contributed by atoms with Crippen LogP contribution in [0.5, 0.6) is 0 Å². The Morgan fingerprint density at radius 3 is 2.51 bits per heavy atom. The first-order chi connectivity index (χ1) is 19.5. The summed E-state index contributed by atoms with van der Waals surface area (Å²) in [5, 5.41) is 2.77. The summed E-state index contributed by atoms with van der Waals surface area (Å²) in [6, 6.07) is 4.21. The molecule has 41 heavy (non-hydrogen) atoms. The smallest absolute Gasteiger partial charge is 0.411 e. The first-order valence-electron chi connectivity index (χ1n) is 15.2. The minimum absolute atomic E-state index is 0.0180. The highest BCUT2D eigenvalue weighted by molar-refractivity contribution is 5.91. The predicted octanol–water partition coefficient (Wildman–Crippen LogP) is 3.48. The fraction of sp³-hybridized carbons (Fsp3) is 0.710. The molecule has 3 N–H and O–H groups in total. The van der Waals surface area contributed by atoms with E-state index in [0.717, 1.165) is 70.4 Å². The second kappa shape index (κ2) is 12.3. The highest BCUT2D eigenvalue weighted by atomic mass is 19.1. The van der Waals surface area contributed by atoms with Crippen molar-refractivity contribution in [1.29, 1.82) is 0 Å². The molecular weight excluding hydrogens is 527 g/mol. The van der Waals surface area contributed by atoms with E-state index in [0.29, 0.717) is 17.5 Å². The van der Waals surface area contributed by atoms with Crippen molar-refractivity contribution >= 4 is 17.9 Å². The lowest BCUT2D eigenvalue weighted by Gasteiger charge is -2.36. The molecule has 2 bridgehead atoms. The molecule has 3 amide bonds. The maximum atomic E-state index is 15.2. The number of hydrogen-bond acceptors (Lipinski definition) is 6.